The van der Waals surface area contributed by atoms with Gasteiger partial charge in [0.15, 0.2) is 0 Å². The van der Waals surface area contributed by atoms with Gasteiger partial charge in [-0.25, -0.2) is 19.2 Å². The van der Waals surface area contributed by atoms with Crippen LogP contribution in [0.25, 0.3) is 0 Å². The fraction of sp³-hybridized carbons (Fsp3) is 0.333. The maximum absolute atomic E-state index is 10.5. The molecule has 1 spiro atoms. The maximum atomic E-state index is 10.5. The van der Waals surface area contributed by atoms with Crippen LogP contribution in [-0.2, 0) is 28.7 Å². The second-order valence-corrected chi connectivity index (χ2v) is 2.34. The van der Waals surface area contributed by atoms with E-state index in [-0.39, 0.29) is 6.67 Å². The van der Waals surface area contributed by atoms with Crippen LogP contribution >= 0.6 is 0 Å². The SMILES string of the molecule is NCN.O=C1OC(=O)C12C(=O)OC2=O. The van der Waals surface area contributed by atoms with Crippen molar-refractivity contribution in [1.82, 2.24) is 0 Å². The van der Waals surface area contributed by atoms with Crippen molar-refractivity contribution in [2.45, 2.75) is 0 Å². The summed E-state index contributed by atoms with van der Waals surface area (Å²) in [6.45, 7) is 0.250. The number of carbonyl (C=O) groups is 4. The lowest BCUT2D eigenvalue weighted by atomic mass is 9.80. The normalized spacial score (nSPS) is 21.3. The van der Waals surface area contributed by atoms with Crippen molar-refractivity contribution in [3.05, 3.63) is 0 Å². The van der Waals surface area contributed by atoms with Gasteiger partial charge in [-0.1, -0.05) is 0 Å². The molecule has 0 radical (unpaired) electrons. The van der Waals surface area contributed by atoms with E-state index in [0.29, 0.717) is 0 Å². The molecule has 2 fully saturated rings. The van der Waals surface area contributed by atoms with Gasteiger partial charge in [0, 0.05) is 6.67 Å². The Kier molecular flexibility index (Phi) is 2.32. The minimum atomic E-state index is -2.22. The van der Waals surface area contributed by atoms with E-state index in [4.69, 9.17) is 0 Å². The van der Waals surface area contributed by atoms with Gasteiger partial charge in [-0.2, -0.15) is 0 Å². The average Bonchev–Trinajstić information content (AvgIpc) is 2.04. The van der Waals surface area contributed by atoms with Crippen molar-refractivity contribution in [2.24, 2.45) is 16.9 Å². The molecule has 0 bridgehead atoms. The van der Waals surface area contributed by atoms with Gasteiger partial charge in [0.1, 0.15) is 0 Å². The second kappa shape index (κ2) is 3.16. The molecule has 0 unspecified atom stereocenters. The number of carbonyl (C=O) groups excluding carboxylic acids is 4. The lowest BCUT2D eigenvalue weighted by Gasteiger charge is -2.36. The van der Waals surface area contributed by atoms with Gasteiger partial charge in [-0.15, -0.1) is 0 Å². The number of nitrogens with two attached hydrogens (primary N) is 2. The molecule has 8 nitrogen and oxygen atoms in total. The summed E-state index contributed by atoms with van der Waals surface area (Å²) in [5.74, 6) is -4.54. The number of hydrogen-bond donors (Lipinski definition) is 2. The number of ether oxygens (including phenoxy) is 2. The Hall–Kier alpha value is -1.80. The number of hydrogen-bond acceptors (Lipinski definition) is 8. The van der Waals surface area contributed by atoms with Crippen LogP contribution in [0.1, 0.15) is 0 Å². The predicted molar refractivity (Wildman–Crippen MR) is 37.9 cm³/mol. The molecule has 0 aromatic carbocycles. The molecule has 0 aromatic rings. The summed E-state index contributed by atoms with van der Waals surface area (Å²) in [5, 5.41) is 0. The van der Waals surface area contributed by atoms with E-state index < -0.39 is 29.3 Å². The molecule has 14 heavy (non-hydrogen) atoms. The summed E-state index contributed by atoms with van der Waals surface area (Å²) >= 11 is 0. The molecule has 0 aromatic heterocycles. The lowest BCUT2D eigenvalue weighted by molar-refractivity contribution is -0.223. The van der Waals surface area contributed by atoms with Crippen molar-refractivity contribution in [3.63, 3.8) is 0 Å². The summed E-state index contributed by atoms with van der Waals surface area (Å²) < 4.78 is 7.68. The van der Waals surface area contributed by atoms with E-state index >= 15 is 0 Å². The highest BCUT2D eigenvalue weighted by molar-refractivity contribution is 6.46. The number of esters is 4. The minimum Gasteiger partial charge on any atom is -0.390 e. The molecular formula is C6H6N2O6. The molecule has 0 saturated carbocycles. The van der Waals surface area contributed by atoms with Crippen molar-refractivity contribution in [3.8, 4) is 0 Å². The third kappa shape index (κ3) is 0.947. The van der Waals surface area contributed by atoms with Crippen LogP contribution in [0.4, 0.5) is 0 Å². The zero-order valence-electron chi connectivity index (χ0n) is 6.81. The first-order chi connectivity index (χ1) is 6.51. The van der Waals surface area contributed by atoms with E-state index in [1.54, 1.807) is 0 Å². The quantitative estimate of drug-likeness (QED) is 0.240. The van der Waals surface area contributed by atoms with Crippen LogP contribution in [-0.4, -0.2) is 30.5 Å². The van der Waals surface area contributed by atoms with Crippen LogP contribution in [0.5, 0.6) is 0 Å². The Bertz CT molecular complexity index is 272. The Balaban J connectivity index is 0.000000293. The van der Waals surface area contributed by atoms with Crippen molar-refractivity contribution in [2.75, 3.05) is 6.67 Å². The number of rotatable bonds is 0. The summed E-state index contributed by atoms with van der Waals surface area (Å²) in [5.41, 5.74) is 7.03. The molecule has 4 N–H and O–H groups in total. The van der Waals surface area contributed by atoms with E-state index in [1.165, 1.54) is 0 Å². The molecule has 2 saturated heterocycles. The monoisotopic (exact) mass is 202 g/mol. The Morgan fingerprint density at radius 2 is 1.07 bits per heavy atom. The van der Waals surface area contributed by atoms with E-state index in [1.807, 2.05) is 0 Å². The fourth-order valence-corrected chi connectivity index (χ4v) is 0.882. The third-order valence-corrected chi connectivity index (χ3v) is 1.60. The van der Waals surface area contributed by atoms with Gasteiger partial charge in [0.05, 0.1) is 0 Å². The first kappa shape index (κ1) is 10.3. The lowest BCUT2D eigenvalue weighted by Crippen LogP contribution is -2.71. The summed E-state index contributed by atoms with van der Waals surface area (Å²) in [6, 6.07) is 0. The summed E-state index contributed by atoms with van der Waals surface area (Å²) in [4.78, 5) is 42.0. The molecule has 2 rings (SSSR count). The Morgan fingerprint density at radius 3 is 1.14 bits per heavy atom. The minimum absolute atomic E-state index is 0.250. The predicted octanol–water partition coefficient (Wildman–Crippen LogP) is -3.00. The molecule has 0 atom stereocenters. The average molecular weight is 202 g/mol. The second-order valence-electron chi connectivity index (χ2n) is 2.34. The first-order valence-corrected chi connectivity index (χ1v) is 3.45. The highest BCUT2D eigenvalue weighted by Crippen LogP contribution is 2.40. The van der Waals surface area contributed by atoms with Crippen molar-refractivity contribution >= 4 is 23.9 Å². The van der Waals surface area contributed by atoms with Gasteiger partial charge >= 0.3 is 29.3 Å². The largest absolute Gasteiger partial charge is 0.390 e. The van der Waals surface area contributed by atoms with Gasteiger partial charge in [-0.3, -0.25) is 0 Å². The zero-order valence-corrected chi connectivity index (χ0v) is 6.81. The van der Waals surface area contributed by atoms with Crippen molar-refractivity contribution < 1.29 is 28.7 Å². The summed E-state index contributed by atoms with van der Waals surface area (Å²) in [7, 11) is 0. The van der Waals surface area contributed by atoms with Crippen LogP contribution in [0.15, 0.2) is 0 Å². The third-order valence-electron chi connectivity index (χ3n) is 1.60. The van der Waals surface area contributed by atoms with Crippen LogP contribution < -0.4 is 11.5 Å². The van der Waals surface area contributed by atoms with Gasteiger partial charge in [0.25, 0.3) is 0 Å². The van der Waals surface area contributed by atoms with Crippen LogP contribution in [0, 0.1) is 5.41 Å². The highest BCUT2D eigenvalue weighted by Gasteiger charge is 2.80. The van der Waals surface area contributed by atoms with Gasteiger partial charge in [0.2, 0.25) is 0 Å². The molecule has 0 amide bonds. The van der Waals surface area contributed by atoms with E-state index in [9.17, 15) is 19.2 Å². The number of cyclic esters (lactones) is 4. The van der Waals surface area contributed by atoms with Gasteiger partial charge < -0.3 is 20.9 Å². The molecule has 0 aliphatic carbocycles. The molecule has 2 aliphatic rings. The molecule has 2 aliphatic heterocycles. The fourth-order valence-electron chi connectivity index (χ4n) is 0.882. The van der Waals surface area contributed by atoms with Gasteiger partial charge in [-0.05, 0) is 0 Å². The highest BCUT2D eigenvalue weighted by atomic mass is 16.7. The van der Waals surface area contributed by atoms with Crippen LogP contribution in [0.2, 0.25) is 0 Å². The molecule has 2 heterocycles. The summed E-state index contributed by atoms with van der Waals surface area (Å²) in [6.07, 6.45) is 0. The standard InChI is InChI=1S/C5O6.CH6N2/c6-1-5(2(7)10-1)3(8)11-4(5)9;2-1-3/h;1-3H2. The molecular weight excluding hydrogens is 196 g/mol. The smallest absolute Gasteiger partial charge is 0.357 e. The van der Waals surface area contributed by atoms with E-state index in [0.717, 1.165) is 0 Å². The topological polar surface area (TPSA) is 139 Å². The van der Waals surface area contributed by atoms with Crippen molar-refractivity contribution in [1.29, 1.82) is 0 Å². The Morgan fingerprint density at radius 1 is 0.857 bits per heavy atom. The molecule has 8 heteroatoms. The molecule has 76 valence electrons. The van der Waals surface area contributed by atoms with Crippen LogP contribution in [0.3, 0.4) is 0 Å². The zero-order chi connectivity index (χ0) is 10.9. The first-order valence-electron chi connectivity index (χ1n) is 3.45. The Labute approximate surface area is 77.1 Å². The maximum Gasteiger partial charge on any atom is 0.357 e. The van der Waals surface area contributed by atoms with E-state index in [2.05, 4.69) is 20.9 Å².